The van der Waals surface area contributed by atoms with Crippen molar-refractivity contribution in [3.05, 3.63) is 59.7 Å². The van der Waals surface area contributed by atoms with E-state index in [9.17, 15) is 0 Å². The highest BCUT2D eigenvalue weighted by Crippen LogP contribution is 2.28. The summed E-state index contributed by atoms with van der Waals surface area (Å²) in [7, 11) is 0. The number of hydrogen-bond donors (Lipinski definition) is 1. The molecule has 0 bridgehead atoms. The van der Waals surface area contributed by atoms with Gasteiger partial charge in [-0.05, 0) is 47.7 Å². The smallest absolute Gasteiger partial charge is 0.121 e. The van der Waals surface area contributed by atoms with Crippen LogP contribution in [0, 0.1) is 0 Å². The van der Waals surface area contributed by atoms with Crippen molar-refractivity contribution in [2.75, 3.05) is 5.73 Å². The van der Waals surface area contributed by atoms with E-state index in [1.165, 1.54) is 5.56 Å². The van der Waals surface area contributed by atoms with E-state index >= 15 is 0 Å². The summed E-state index contributed by atoms with van der Waals surface area (Å²) in [5.74, 6) is 0.896. The predicted octanol–water partition coefficient (Wildman–Crippen LogP) is 4.71. The molecule has 0 amide bonds. The van der Waals surface area contributed by atoms with E-state index in [-0.39, 0.29) is 11.5 Å². The van der Waals surface area contributed by atoms with Gasteiger partial charge in [-0.1, -0.05) is 45.0 Å². The summed E-state index contributed by atoms with van der Waals surface area (Å²) in [4.78, 5) is 0. The highest BCUT2D eigenvalue weighted by Gasteiger charge is 2.15. The number of ether oxygens (including phenoxy) is 1. The quantitative estimate of drug-likeness (QED) is 0.819. The van der Waals surface area contributed by atoms with Gasteiger partial charge in [-0.25, -0.2) is 0 Å². The van der Waals surface area contributed by atoms with Crippen LogP contribution >= 0.6 is 0 Å². The second-order valence-electron chi connectivity index (χ2n) is 6.21. The SMILES string of the molecule is CC(Oc1cccc(C(C)(C)C)c1)c1cccc(N)c1. The molecule has 0 aromatic heterocycles. The third-order valence-corrected chi connectivity index (χ3v) is 3.39. The van der Waals surface area contributed by atoms with Gasteiger partial charge in [0.25, 0.3) is 0 Å². The number of nitrogen functional groups attached to an aromatic ring is 1. The van der Waals surface area contributed by atoms with Crippen molar-refractivity contribution in [2.45, 2.75) is 39.2 Å². The van der Waals surface area contributed by atoms with Crippen LogP contribution in [0.2, 0.25) is 0 Å². The Morgan fingerprint density at radius 3 is 2.35 bits per heavy atom. The third kappa shape index (κ3) is 3.53. The molecule has 0 saturated heterocycles. The van der Waals surface area contributed by atoms with E-state index in [0.29, 0.717) is 0 Å². The van der Waals surface area contributed by atoms with Crippen LogP contribution in [0.4, 0.5) is 5.69 Å². The van der Waals surface area contributed by atoms with Crippen molar-refractivity contribution in [1.82, 2.24) is 0 Å². The maximum atomic E-state index is 6.04. The van der Waals surface area contributed by atoms with Crippen LogP contribution in [0.1, 0.15) is 44.9 Å². The van der Waals surface area contributed by atoms with E-state index in [1.807, 2.05) is 43.3 Å². The van der Waals surface area contributed by atoms with E-state index in [4.69, 9.17) is 10.5 Å². The highest BCUT2D eigenvalue weighted by molar-refractivity contribution is 5.41. The number of rotatable bonds is 3. The summed E-state index contributed by atoms with van der Waals surface area (Å²) in [5, 5.41) is 0. The Morgan fingerprint density at radius 2 is 1.70 bits per heavy atom. The number of hydrogen-bond acceptors (Lipinski definition) is 2. The monoisotopic (exact) mass is 269 g/mol. The molecule has 2 nitrogen and oxygen atoms in total. The Balaban J connectivity index is 2.18. The third-order valence-electron chi connectivity index (χ3n) is 3.39. The van der Waals surface area contributed by atoms with Gasteiger partial charge >= 0.3 is 0 Å². The highest BCUT2D eigenvalue weighted by atomic mass is 16.5. The minimum absolute atomic E-state index is 0.0197. The van der Waals surface area contributed by atoms with Crippen molar-refractivity contribution in [3.8, 4) is 5.75 Å². The van der Waals surface area contributed by atoms with Crippen molar-refractivity contribution in [3.63, 3.8) is 0 Å². The van der Waals surface area contributed by atoms with Gasteiger partial charge < -0.3 is 10.5 Å². The molecular weight excluding hydrogens is 246 g/mol. The van der Waals surface area contributed by atoms with Gasteiger partial charge in [0.05, 0.1) is 0 Å². The van der Waals surface area contributed by atoms with Crippen LogP contribution in [0.15, 0.2) is 48.5 Å². The normalized spacial score (nSPS) is 13.0. The maximum Gasteiger partial charge on any atom is 0.121 e. The van der Waals surface area contributed by atoms with Gasteiger partial charge in [0.2, 0.25) is 0 Å². The summed E-state index contributed by atoms with van der Waals surface area (Å²) in [5.41, 5.74) is 9.07. The fourth-order valence-corrected chi connectivity index (χ4v) is 2.12. The van der Waals surface area contributed by atoms with E-state index in [2.05, 4.69) is 32.9 Å². The number of nitrogens with two attached hydrogens (primary N) is 1. The molecule has 0 heterocycles. The van der Waals surface area contributed by atoms with Gasteiger partial charge in [-0.3, -0.25) is 0 Å². The average molecular weight is 269 g/mol. The zero-order valence-corrected chi connectivity index (χ0v) is 12.7. The lowest BCUT2D eigenvalue weighted by atomic mass is 9.87. The van der Waals surface area contributed by atoms with E-state index < -0.39 is 0 Å². The lowest BCUT2D eigenvalue weighted by molar-refractivity contribution is 0.226. The minimum Gasteiger partial charge on any atom is -0.486 e. The predicted molar refractivity (Wildman–Crippen MR) is 85.0 cm³/mol. The van der Waals surface area contributed by atoms with Crippen LogP contribution in [0.3, 0.4) is 0 Å². The molecule has 0 fully saturated rings. The zero-order valence-electron chi connectivity index (χ0n) is 12.7. The lowest BCUT2D eigenvalue weighted by Gasteiger charge is -2.21. The fourth-order valence-electron chi connectivity index (χ4n) is 2.12. The van der Waals surface area contributed by atoms with Crippen molar-refractivity contribution >= 4 is 5.69 Å². The van der Waals surface area contributed by atoms with Gasteiger partial charge in [-0.2, -0.15) is 0 Å². The largest absolute Gasteiger partial charge is 0.486 e. The van der Waals surface area contributed by atoms with Crippen LogP contribution in [0.5, 0.6) is 5.75 Å². The molecule has 2 heteroatoms. The molecule has 0 saturated carbocycles. The molecule has 0 radical (unpaired) electrons. The van der Waals surface area contributed by atoms with Crippen LogP contribution < -0.4 is 10.5 Å². The van der Waals surface area contributed by atoms with E-state index in [1.54, 1.807) is 0 Å². The van der Waals surface area contributed by atoms with Crippen molar-refractivity contribution < 1.29 is 4.74 Å². The first kappa shape index (κ1) is 14.4. The summed E-state index contributed by atoms with van der Waals surface area (Å²) in [6.07, 6.45) is -0.0197. The molecule has 0 aliphatic rings. The molecule has 0 aliphatic carbocycles. The average Bonchev–Trinajstić information content (AvgIpc) is 2.38. The van der Waals surface area contributed by atoms with Crippen LogP contribution in [-0.4, -0.2) is 0 Å². The molecule has 106 valence electrons. The van der Waals surface area contributed by atoms with Crippen LogP contribution in [0.25, 0.3) is 0 Å². The molecule has 1 unspecified atom stereocenters. The first-order chi connectivity index (χ1) is 9.36. The number of anilines is 1. The van der Waals surface area contributed by atoms with Gasteiger partial charge in [0, 0.05) is 5.69 Å². The molecule has 2 N–H and O–H groups in total. The molecular formula is C18H23NO. The molecule has 2 aromatic rings. The fraction of sp³-hybridized carbons (Fsp3) is 0.333. The molecule has 0 spiro atoms. The Morgan fingerprint density at radius 1 is 1.00 bits per heavy atom. The number of benzene rings is 2. The van der Waals surface area contributed by atoms with Crippen molar-refractivity contribution in [1.29, 1.82) is 0 Å². The van der Waals surface area contributed by atoms with Gasteiger partial charge in [-0.15, -0.1) is 0 Å². The molecule has 1 atom stereocenters. The topological polar surface area (TPSA) is 35.2 Å². The minimum atomic E-state index is -0.0197. The Labute approximate surface area is 121 Å². The maximum absolute atomic E-state index is 6.04. The molecule has 0 aliphatic heterocycles. The molecule has 2 aromatic carbocycles. The summed E-state index contributed by atoms with van der Waals surface area (Å²) >= 11 is 0. The first-order valence-corrected chi connectivity index (χ1v) is 6.99. The Kier molecular flexibility index (Phi) is 4.03. The lowest BCUT2D eigenvalue weighted by Crippen LogP contribution is -2.11. The summed E-state index contributed by atoms with van der Waals surface area (Å²) in [6, 6.07) is 16.1. The second-order valence-corrected chi connectivity index (χ2v) is 6.21. The van der Waals surface area contributed by atoms with Gasteiger partial charge in [0.1, 0.15) is 11.9 Å². The Hall–Kier alpha value is -1.96. The molecule has 20 heavy (non-hydrogen) atoms. The Bertz CT molecular complexity index is 584. The molecule has 2 rings (SSSR count). The standard InChI is InChI=1S/C18H23NO/c1-13(14-7-5-9-16(19)11-14)20-17-10-6-8-15(12-17)18(2,3)4/h5-13H,19H2,1-4H3. The second kappa shape index (κ2) is 5.58. The summed E-state index contributed by atoms with van der Waals surface area (Å²) < 4.78 is 6.04. The first-order valence-electron chi connectivity index (χ1n) is 6.99. The summed E-state index contributed by atoms with van der Waals surface area (Å²) in [6.45, 7) is 8.65. The zero-order chi connectivity index (χ0) is 14.8. The van der Waals surface area contributed by atoms with Crippen LogP contribution in [-0.2, 0) is 5.41 Å². The van der Waals surface area contributed by atoms with Gasteiger partial charge in [0.15, 0.2) is 0 Å². The van der Waals surface area contributed by atoms with Crippen molar-refractivity contribution in [2.24, 2.45) is 0 Å². The van der Waals surface area contributed by atoms with E-state index in [0.717, 1.165) is 17.0 Å².